The van der Waals surface area contributed by atoms with Gasteiger partial charge in [0.2, 0.25) is 0 Å². The lowest BCUT2D eigenvalue weighted by molar-refractivity contribution is 0.582. The fraction of sp³-hybridized carbons (Fsp3) is 0.111. The molecule has 0 aliphatic rings. The van der Waals surface area contributed by atoms with Crippen LogP contribution in [0.15, 0.2) is 23.3 Å². The molecule has 0 heterocycles. The second-order valence-corrected chi connectivity index (χ2v) is 3.02. The molecule has 3 nitrogen and oxygen atoms in total. The van der Waals surface area contributed by atoms with Crippen LogP contribution >= 0.6 is 12.2 Å². The summed E-state index contributed by atoms with van der Waals surface area (Å²) in [6.07, 6.45) is 1.22. The molecule has 15 heavy (non-hydrogen) atoms. The molecule has 0 amide bonds. The van der Waals surface area contributed by atoms with Crippen LogP contribution in [0, 0.1) is 11.6 Å². The largest absolute Gasteiger partial charge is 0.364 e. The zero-order valence-corrected chi connectivity index (χ0v) is 8.74. The molecule has 0 aliphatic heterocycles. The standard InChI is InChI=1S/C9H9F2N3S/c1-12-9(15)14-13-5-6-2-3-7(10)4-8(6)11/h2-5H,1H3,(H2,12,14,15)/b13-5-. The van der Waals surface area contributed by atoms with E-state index in [4.69, 9.17) is 12.2 Å². The predicted molar refractivity (Wildman–Crippen MR) is 58.7 cm³/mol. The lowest BCUT2D eigenvalue weighted by Crippen LogP contribution is -2.28. The molecule has 80 valence electrons. The van der Waals surface area contributed by atoms with Gasteiger partial charge in [-0.2, -0.15) is 5.10 Å². The topological polar surface area (TPSA) is 36.4 Å². The number of halogens is 2. The first kappa shape index (κ1) is 11.5. The molecular formula is C9H9F2N3S. The Bertz CT molecular complexity index is 393. The number of thiocarbonyl (C=S) groups is 1. The third-order valence-electron chi connectivity index (χ3n) is 1.56. The van der Waals surface area contributed by atoms with Gasteiger partial charge < -0.3 is 5.32 Å². The number of hydrogen-bond acceptors (Lipinski definition) is 2. The van der Waals surface area contributed by atoms with Crippen molar-refractivity contribution in [1.82, 2.24) is 10.7 Å². The number of nitrogens with zero attached hydrogens (tertiary/aromatic N) is 1. The fourth-order valence-electron chi connectivity index (χ4n) is 0.823. The second kappa shape index (κ2) is 5.35. The van der Waals surface area contributed by atoms with Crippen LogP contribution in [0.2, 0.25) is 0 Å². The summed E-state index contributed by atoms with van der Waals surface area (Å²) in [6.45, 7) is 0. The SMILES string of the molecule is CNC(=S)N/N=C\c1ccc(F)cc1F. The Kier molecular flexibility index (Phi) is 4.11. The van der Waals surface area contributed by atoms with E-state index in [0.717, 1.165) is 12.1 Å². The van der Waals surface area contributed by atoms with Crippen molar-refractivity contribution in [2.75, 3.05) is 7.05 Å². The highest BCUT2D eigenvalue weighted by Crippen LogP contribution is 2.06. The first-order chi connectivity index (χ1) is 7.13. The van der Waals surface area contributed by atoms with Gasteiger partial charge in [-0.3, -0.25) is 5.43 Å². The van der Waals surface area contributed by atoms with Gasteiger partial charge in [-0.25, -0.2) is 8.78 Å². The molecular weight excluding hydrogens is 220 g/mol. The minimum atomic E-state index is -0.670. The molecule has 0 saturated carbocycles. The quantitative estimate of drug-likeness (QED) is 0.457. The van der Waals surface area contributed by atoms with E-state index in [1.807, 2.05) is 0 Å². The highest BCUT2D eigenvalue weighted by atomic mass is 32.1. The monoisotopic (exact) mass is 229 g/mol. The normalized spacial score (nSPS) is 10.3. The van der Waals surface area contributed by atoms with E-state index in [0.29, 0.717) is 5.11 Å². The van der Waals surface area contributed by atoms with Crippen molar-refractivity contribution < 1.29 is 8.78 Å². The molecule has 2 N–H and O–H groups in total. The summed E-state index contributed by atoms with van der Waals surface area (Å²) < 4.78 is 25.6. The maximum Gasteiger partial charge on any atom is 0.186 e. The maximum atomic E-state index is 13.0. The van der Waals surface area contributed by atoms with Crippen molar-refractivity contribution in [1.29, 1.82) is 0 Å². The first-order valence-electron chi connectivity index (χ1n) is 4.09. The molecule has 0 saturated heterocycles. The van der Waals surface area contributed by atoms with Gasteiger partial charge in [0.25, 0.3) is 0 Å². The van der Waals surface area contributed by atoms with Crippen molar-refractivity contribution in [2.45, 2.75) is 0 Å². The predicted octanol–water partition coefficient (Wildman–Crippen LogP) is 1.39. The Labute approximate surface area is 91.2 Å². The van der Waals surface area contributed by atoms with E-state index in [1.165, 1.54) is 12.3 Å². The van der Waals surface area contributed by atoms with Crippen molar-refractivity contribution in [2.24, 2.45) is 5.10 Å². The van der Waals surface area contributed by atoms with Gasteiger partial charge in [0.1, 0.15) is 11.6 Å². The van der Waals surface area contributed by atoms with Crippen LogP contribution < -0.4 is 10.7 Å². The van der Waals surface area contributed by atoms with Crippen LogP contribution in [0.4, 0.5) is 8.78 Å². The van der Waals surface area contributed by atoms with E-state index in [2.05, 4.69) is 15.8 Å². The van der Waals surface area contributed by atoms with Gasteiger partial charge in [-0.15, -0.1) is 0 Å². The van der Waals surface area contributed by atoms with Crippen molar-refractivity contribution in [3.8, 4) is 0 Å². The molecule has 0 aromatic heterocycles. The molecule has 0 aliphatic carbocycles. The summed E-state index contributed by atoms with van der Waals surface area (Å²) in [7, 11) is 1.63. The van der Waals surface area contributed by atoms with Crippen molar-refractivity contribution >= 4 is 23.5 Å². The van der Waals surface area contributed by atoms with Crippen molar-refractivity contribution in [3.05, 3.63) is 35.4 Å². The fourth-order valence-corrected chi connectivity index (χ4v) is 0.875. The molecule has 0 unspecified atom stereocenters. The van der Waals surface area contributed by atoms with Crippen LogP contribution in [0.25, 0.3) is 0 Å². The summed E-state index contributed by atoms with van der Waals surface area (Å²) in [4.78, 5) is 0. The first-order valence-corrected chi connectivity index (χ1v) is 4.50. The average Bonchev–Trinajstić information content (AvgIpc) is 2.21. The molecule has 0 atom stereocenters. The minimum Gasteiger partial charge on any atom is -0.364 e. The smallest absolute Gasteiger partial charge is 0.186 e. The van der Waals surface area contributed by atoms with E-state index >= 15 is 0 Å². The summed E-state index contributed by atoms with van der Waals surface area (Å²) >= 11 is 4.73. The van der Waals surface area contributed by atoms with Gasteiger partial charge in [0.15, 0.2) is 5.11 Å². The van der Waals surface area contributed by atoms with Crippen LogP contribution in [-0.4, -0.2) is 18.4 Å². The summed E-state index contributed by atoms with van der Waals surface area (Å²) in [5.74, 6) is -1.29. The highest BCUT2D eigenvalue weighted by Gasteiger charge is 2.00. The summed E-state index contributed by atoms with van der Waals surface area (Å²) in [5.41, 5.74) is 2.64. The molecule has 0 radical (unpaired) electrons. The van der Waals surface area contributed by atoms with Gasteiger partial charge in [0.05, 0.1) is 6.21 Å². The van der Waals surface area contributed by atoms with Crippen LogP contribution in [-0.2, 0) is 0 Å². The molecule has 0 spiro atoms. The zero-order valence-electron chi connectivity index (χ0n) is 7.92. The van der Waals surface area contributed by atoms with E-state index in [1.54, 1.807) is 7.05 Å². The van der Waals surface area contributed by atoms with Crippen LogP contribution in [0.1, 0.15) is 5.56 Å². The van der Waals surface area contributed by atoms with Gasteiger partial charge in [-0.1, -0.05) is 0 Å². The summed E-state index contributed by atoms with van der Waals surface area (Å²) in [5, 5.41) is 6.60. The third-order valence-corrected chi connectivity index (χ3v) is 1.85. The van der Waals surface area contributed by atoms with Gasteiger partial charge in [0, 0.05) is 18.7 Å². The van der Waals surface area contributed by atoms with Gasteiger partial charge >= 0.3 is 0 Å². The number of benzene rings is 1. The van der Waals surface area contributed by atoms with E-state index in [9.17, 15) is 8.78 Å². The van der Waals surface area contributed by atoms with E-state index in [-0.39, 0.29) is 5.56 Å². The number of hydrogen-bond donors (Lipinski definition) is 2. The second-order valence-electron chi connectivity index (χ2n) is 2.61. The number of hydrazone groups is 1. The lowest BCUT2D eigenvalue weighted by atomic mass is 10.2. The Morgan fingerprint density at radius 2 is 2.20 bits per heavy atom. The van der Waals surface area contributed by atoms with Gasteiger partial charge in [-0.05, 0) is 24.4 Å². The van der Waals surface area contributed by atoms with Crippen LogP contribution in [0.5, 0.6) is 0 Å². The van der Waals surface area contributed by atoms with Crippen LogP contribution in [0.3, 0.4) is 0 Å². The highest BCUT2D eigenvalue weighted by molar-refractivity contribution is 7.80. The number of nitrogens with one attached hydrogen (secondary N) is 2. The Morgan fingerprint density at radius 1 is 1.47 bits per heavy atom. The Morgan fingerprint density at radius 3 is 2.80 bits per heavy atom. The molecule has 0 bridgehead atoms. The Balaban J connectivity index is 2.68. The molecule has 0 fully saturated rings. The Hall–Kier alpha value is -1.56. The minimum absolute atomic E-state index is 0.183. The molecule has 1 aromatic carbocycles. The average molecular weight is 229 g/mol. The molecule has 1 aromatic rings. The number of rotatable bonds is 2. The lowest BCUT2D eigenvalue weighted by Gasteiger charge is -2.00. The van der Waals surface area contributed by atoms with Crippen molar-refractivity contribution in [3.63, 3.8) is 0 Å². The summed E-state index contributed by atoms with van der Waals surface area (Å²) in [6, 6.07) is 3.23. The van der Waals surface area contributed by atoms with E-state index < -0.39 is 11.6 Å². The maximum absolute atomic E-state index is 13.0. The zero-order chi connectivity index (χ0) is 11.3. The molecule has 1 rings (SSSR count). The molecule has 6 heteroatoms. The third kappa shape index (κ3) is 3.59.